The minimum atomic E-state index is -0.243. The summed E-state index contributed by atoms with van der Waals surface area (Å²) in [4.78, 5) is 6.61. The van der Waals surface area contributed by atoms with E-state index in [0.717, 1.165) is 42.9 Å². The van der Waals surface area contributed by atoms with Crippen molar-refractivity contribution in [3.8, 4) is 0 Å². The van der Waals surface area contributed by atoms with E-state index in [1.807, 2.05) is 19.1 Å². The van der Waals surface area contributed by atoms with E-state index in [9.17, 15) is 4.39 Å². The largest absolute Gasteiger partial charge is 0.368 e. The van der Waals surface area contributed by atoms with Crippen LogP contribution in [0.5, 0.6) is 0 Å². The molecule has 1 aromatic carbocycles. The van der Waals surface area contributed by atoms with Crippen molar-refractivity contribution in [2.45, 2.75) is 6.92 Å². The number of piperazine rings is 1. The van der Waals surface area contributed by atoms with Gasteiger partial charge in [-0.3, -0.25) is 0 Å². The number of nitrogens with one attached hydrogen (secondary N) is 1. The van der Waals surface area contributed by atoms with E-state index in [1.54, 1.807) is 6.07 Å². The lowest BCUT2D eigenvalue weighted by molar-refractivity contribution is 0.590. The molecule has 1 aliphatic rings. The maximum absolute atomic E-state index is 13.8. The third-order valence-electron chi connectivity index (χ3n) is 3.35. The van der Waals surface area contributed by atoms with Crippen LogP contribution in [-0.4, -0.2) is 31.2 Å². The number of anilines is 1. The Balaban J connectivity index is 2.18. The van der Waals surface area contributed by atoms with Crippen molar-refractivity contribution in [2.75, 3.05) is 31.1 Å². The fourth-order valence-electron chi connectivity index (χ4n) is 2.49. The van der Waals surface area contributed by atoms with E-state index < -0.39 is 0 Å². The van der Waals surface area contributed by atoms with Crippen molar-refractivity contribution in [1.82, 2.24) is 10.3 Å². The highest BCUT2D eigenvalue weighted by molar-refractivity contribution is 5.92. The van der Waals surface area contributed by atoms with Gasteiger partial charge in [-0.15, -0.1) is 0 Å². The standard InChI is InChI=1S/C14H16FN3/c1-10-9-13(18-7-5-16-6-8-18)11-3-2-4-12(15)14(11)17-10/h2-4,9,16H,5-8H2,1H3. The predicted octanol–water partition coefficient (Wildman–Crippen LogP) is 2.09. The number of hydrogen-bond donors (Lipinski definition) is 1. The van der Waals surface area contributed by atoms with Gasteiger partial charge in [-0.1, -0.05) is 12.1 Å². The molecule has 1 fully saturated rings. The first kappa shape index (κ1) is 11.4. The van der Waals surface area contributed by atoms with E-state index in [-0.39, 0.29) is 5.82 Å². The first-order chi connectivity index (χ1) is 8.75. The molecule has 0 radical (unpaired) electrons. The molecule has 1 aromatic heterocycles. The summed E-state index contributed by atoms with van der Waals surface area (Å²) >= 11 is 0. The van der Waals surface area contributed by atoms with Gasteiger partial charge in [-0.25, -0.2) is 9.37 Å². The molecule has 2 heterocycles. The van der Waals surface area contributed by atoms with Gasteiger partial charge in [-0.2, -0.15) is 0 Å². The molecule has 1 saturated heterocycles. The number of pyridine rings is 1. The van der Waals surface area contributed by atoms with Gasteiger partial charge in [0.2, 0.25) is 0 Å². The van der Waals surface area contributed by atoms with E-state index in [2.05, 4.69) is 15.2 Å². The van der Waals surface area contributed by atoms with E-state index >= 15 is 0 Å². The molecule has 3 nitrogen and oxygen atoms in total. The van der Waals surface area contributed by atoms with Crippen molar-refractivity contribution < 1.29 is 4.39 Å². The van der Waals surface area contributed by atoms with Crippen molar-refractivity contribution in [2.24, 2.45) is 0 Å². The predicted molar refractivity (Wildman–Crippen MR) is 71.5 cm³/mol. The average molecular weight is 245 g/mol. The Morgan fingerprint density at radius 3 is 2.83 bits per heavy atom. The molecule has 4 heteroatoms. The Labute approximate surface area is 106 Å². The summed E-state index contributed by atoms with van der Waals surface area (Å²) in [6.45, 7) is 5.76. The Bertz CT molecular complexity index is 577. The minimum absolute atomic E-state index is 0.243. The average Bonchev–Trinajstić information content (AvgIpc) is 2.40. The molecule has 3 rings (SSSR count). The first-order valence-corrected chi connectivity index (χ1v) is 6.27. The van der Waals surface area contributed by atoms with Crippen LogP contribution in [0.3, 0.4) is 0 Å². The van der Waals surface area contributed by atoms with Crippen LogP contribution in [0.4, 0.5) is 10.1 Å². The fraction of sp³-hybridized carbons (Fsp3) is 0.357. The third kappa shape index (κ3) is 1.93. The lowest BCUT2D eigenvalue weighted by atomic mass is 10.1. The number of rotatable bonds is 1. The molecule has 0 aliphatic carbocycles. The van der Waals surface area contributed by atoms with Gasteiger partial charge in [0.25, 0.3) is 0 Å². The van der Waals surface area contributed by atoms with E-state index in [1.165, 1.54) is 6.07 Å². The molecule has 0 bridgehead atoms. The molecule has 1 aliphatic heterocycles. The van der Waals surface area contributed by atoms with E-state index in [0.29, 0.717) is 5.52 Å². The van der Waals surface area contributed by atoms with Crippen molar-refractivity contribution in [3.05, 3.63) is 35.8 Å². The Kier molecular flexibility index (Phi) is 2.88. The number of aryl methyl sites for hydroxylation is 1. The molecular formula is C14H16FN3. The number of fused-ring (bicyclic) bond motifs is 1. The Hall–Kier alpha value is -1.68. The van der Waals surface area contributed by atoms with Gasteiger partial charge in [-0.05, 0) is 19.1 Å². The van der Waals surface area contributed by atoms with Crippen LogP contribution >= 0.6 is 0 Å². The number of para-hydroxylation sites is 1. The van der Waals surface area contributed by atoms with Gasteiger partial charge in [0.05, 0.1) is 0 Å². The highest BCUT2D eigenvalue weighted by Gasteiger charge is 2.15. The summed E-state index contributed by atoms with van der Waals surface area (Å²) in [5.41, 5.74) is 2.44. The molecular weight excluding hydrogens is 229 g/mol. The van der Waals surface area contributed by atoms with Gasteiger partial charge in [0.15, 0.2) is 0 Å². The van der Waals surface area contributed by atoms with Gasteiger partial charge in [0.1, 0.15) is 11.3 Å². The zero-order valence-electron chi connectivity index (χ0n) is 10.4. The topological polar surface area (TPSA) is 28.2 Å². The van der Waals surface area contributed by atoms with E-state index in [4.69, 9.17) is 0 Å². The maximum Gasteiger partial charge on any atom is 0.149 e. The highest BCUT2D eigenvalue weighted by atomic mass is 19.1. The second kappa shape index (κ2) is 4.53. The van der Waals surface area contributed by atoms with Crippen molar-refractivity contribution in [3.63, 3.8) is 0 Å². The van der Waals surface area contributed by atoms with Crippen LogP contribution in [0.2, 0.25) is 0 Å². The normalized spacial score (nSPS) is 16.2. The SMILES string of the molecule is Cc1cc(N2CCNCC2)c2cccc(F)c2n1. The zero-order valence-corrected chi connectivity index (χ0v) is 10.4. The first-order valence-electron chi connectivity index (χ1n) is 6.27. The molecule has 0 unspecified atom stereocenters. The molecule has 0 spiro atoms. The summed E-state index contributed by atoms with van der Waals surface area (Å²) < 4.78 is 13.8. The molecule has 2 aromatic rings. The second-order valence-corrected chi connectivity index (χ2v) is 4.66. The number of benzene rings is 1. The number of nitrogens with zero attached hydrogens (tertiary/aromatic N) is 2. The number of halogens is 1. The summed E-state index contributed by atoms with van der Waals surface area (Å²) in [5, 5.41) is 4.23. The van der Waals surface area contributed by atoms with Crippen molar-refractivity contribution >= 4 is 16.6 Å². The van der Waals surface area contributed by atoms with Crippen LogP contribution in [0, 0.1) is 12.7 Å². The van der Waals surface area contributed by atoms with Gasteiger partial charge in [0, 0.05) is 42.9 Å². The number of aromatic nitrogens is 1. The summed E-state index contributed by atoms with van der Waals surface area (Å²) in [5.74, 6) is -0.243. The molecule has 0 atom stereocenters. The molecule has 0 amide bonds. The zero-order chi connectivity index (χ0) is 12.5. The van der Waals surface area contributed by atoms with Crippen LogP contribution < -0.4 is 10.2 Å². The summed E-state index contributed by atoms with van der Waals surface area (Å²) in [7, 11) is 0. The quantitative estimate of drug-likeness (QED) is 0.834. The Morgan fingerprint density at radius 1 is 1.28 bits per heavy atom. The smallest absolute Gasteiger partial charge is 0.149 e. The third-order valence-corrected chi connectivity index (χ3v) is 3.35. The molecule has 18 heavy (non-hydrogen) atoms. The lowest BCUT2D eigenvalue weighted by Crippen LogP contribution is -2.43. The fourth-order valence-corrected chi connectivity index (χ4v) is 2.49. The molecule has 1 N–H and O–H groups in total. The minimum Gasteiger partial charge on any atom is -0.368 e. The molecule has 0 saturated carbocycles. The van der Waals surface area contributed by atoms with Crippen LogP contribution in [-0.2, 0) is 0 Å². The Morgan fingerprint density at radius 2 is 2.06 bits per heavy atom. The highest BCUT2D eigenvalue weighted by Crippen LogP contribution is 2.28. The van der Waals surface area contributed by atoms with Gasteiger partial charge < -0.3 is 10.2 Å². The molecule has 94 valence electrons. The summed E-state index contributed by atoms with van der Waals surface area (Å²) in [6, 6.07) is 7.21. The maximum atomic E-state index is 13.8. The monoisotopic (exact) mass is 245 g/mol. The van der Waals surface area contributed by atoms with Crippen LogP contribution in [0.1, 0.15) is 5.69 Å². The van der Waals surface area contributed by atoms with Gasteiger partial charge >= 0.3 is 0 Å². The van der Waals surface area contributed by atoms with Crippen molar-refractivity contribution in [1.29, 1.82) is 0 Å². The lowest BCUT2D eigenvalue weighted by Gasteiger charge is -2.30. The van der Waals surface area contributed by atoms with Crippen LogP contribution in [0.25, 0.3) is 10.9 Å². The second-order valence-electron chi connectivity index (χ2n) is 4.66. The summed E-state index contributed by atoms with van der Waals surface area (Å²) in [6.07, 6.45) is 0. The number of hydrogen-bond acceptors (Lipinski definition) is 3. The van der Waals surface area contributed by atoms with Crippen LogP contribution in [0.15, 0.2) is 24.3 Å².